The van der Waals surface area contributed by atoms with Gasteiger partial charge >= 0.3 is 46.1 Å². The van der Waals surface area contributed by atoms with Gasteiger partial charge in [0.2, 0.25) is 0 Å². The minimum Gasteiger partial charge on any atom is -1.00 e. The Bertz CT molecular complexity index is 1030. The van der Waals surface area contributed by atoms with Crippen molar-refractivity contribution in [2.24, 2.45) is 5.41 Å². The van der Waals surface area contributed by atoms with Gasteiger partial charge in [-0.2, -0.15) is 0 Å². The van der Waals surface area contributed by atoms with E-state index in [-0.39, 0.29) is 97.0 Å². The van der Waals surface area contributed by atoms with Crippen LogP contribution in [0.4, 0.5) is 0 Å². The minimum atomic E-state index is -0.141. The van der Waals surface area contributed by atoms with Crippen LogP contribution >= 0.6 is 0 Å². The Labute approximate surface area is 359 Å². The summed E-state index contributed by atoms with van der Waals surface area (Å²) in [5.41, 5.74) is 0.991. The fraction of sp³-hybridized carbons (Fsp3) is 0.622. The number of methoxy groups -OCH3 is 2. The Balaban J connectivity index is -0.000000769. The maximum Gasteiger partial charge on any atom is 2.00 e. The van der Waals surface area contributed by atoms with Crippen LogP contribution in [0.2, 0.25) is 0 Å². The van der Waals surface area contributed by atoms with Crippen molar-refractivity contribution in [3.63, 3.8) is 0 Å². The predicted molar refractivity (Wildman–Crippen MR) is 192 cm³/mol. The van der Waals surface area contributed by atoms with Gasteiger partial charge in [0.15, 0.2) is 25.5 Å². The molecule has 0 unspecified atom stereocenters. The number of rotatable bonds is 8. The molecule has 4 fully saturated rings. The first-order chi connectivity index (χ1) is 22.9. The summed E-state index contributed by atoms with van der Waals surface area (Å²) in [6.07, 6.45) is 13.6. The fourth-order valence-corrected chi connectivity index (χ4v) is 4.59. The topological polar surface area (TPSA) is 129 Å². The van der Waals surface area contributed by atoms with Crippen LogP contribution in [0.1, 0.15) is 76.3 Å². The zero-order chi connectivity index (χ0) is 34.0. The molecule has 280 valence electrons. The number of nitrogens with one attached hydrogen (secondary N) is 2. The van der Waals surface area contributed by atoms with E-state index in [2.05, 4.69) is 23.8 Å². The van der Waals surface area contributed by atoms with Crippen molar-refractivity contribution in [2.75, 3.05) is 80.2 Å². The average molecular weight is 867 g/mol. The molecule has 10 nitrogen and oxygen atoms in total. The summed E-state index contributed by atoms with van der Waals surface area (Å²) >= 11 is 0. The predicted octanol–water partition coefficient (Wildman–Crippen LogP) is -4.99. The quantitative estimate of drug-likeness (QED) is 0.200. The molecule has 4 heterocycles. The molecular weight excluding hydrogens is 809 g/mol. The molecule has 6 rings (SSSR count). The van der Waals surface area contributed by atoms with Gasteiger partial charge in [0, 0.05) is 64.0 Å². The maximum absolute atomic E-state index is 12.1. The van der Waals surface area contributed by atoms with E-state index in [1.807, 2.05) is 0 Å². The van der Waals surface area contributed by atoms with Crippen molar-refractivity contribution >= 4 is 58.5 Å². The van der Waals surface area contributed by atoms with Gasteiger partial charge in [-0.05, 0) is 89.5 Å². The van der Waals surface area contributed by atoms with Crippen molar-refractivity contribution in [1.82, 2.24) is 0 Å². The van der Waals surface area contributed by atoms with Crippen LogP contribution in [0.15, 0.2) is 36.4 Å². The molecule has 0 aliphatic carbocycles. The number of halogens is 2. The van der Waals surface area contributed by atoms with Crippen LogP contribution < -0.4 is 63.6 Å². The van der Waals surface area contributed by atoms with E-state index < -0.39 is 0 Å². The Morgan fingerprint density at radius 2 is 0.843 bits per heavy atom. The monoisotopic (exact) mass is 864 g/mol. The first-order valence-electron chi connectivity index (χ1n) is 17.0. The fourth-order valence-electron chi connectivity index (χ4n) is 4.59. The second-order valence-corrected chi connectivity index (χ2v) is 12.2. The van der Waals surface area contributed by atoms with Gasteiger partial charge in [-0.25, -0.2) is 9.98 Å². The normalized spacial score (nSPS) is 15.8. The van der Waals surface area contributed by atoms with Crippen LogP contribution in [0, 0.1) is 5.41 Å². The van der Waals surface area contributed by atoms with E-state index in [1.165, 1.54) is 65.6 Å². The second-order valence-electron chi connectivity index (χ2n) is 12.2. The Morgan fingerprint density at radius 3 is 1.06 bits per heavy atom. The zero-order valence-corrected chi connectivity index (χ0v) is 37.3. The molecule has 2 aromatic carbocycles. The first kappa shape index (κ1) is 54.7. The van der Waals surface area contributed by atoms with Gasteiger partial charge in [-0.3, -0.25) is 0 Å². The van der Waals surface area contributed by atoms with E-state index >= 15 is 0 Å². The number of hydrogen-bond acceptors (Lipinski definition) is 8. The van der Waals surface area contributed by atoms with Crippen LogP contribution in [0.5, 0.6) is 23.0 Å². The molecule has 4 aliphatic rings. The SMILES string of the molecule is C1CCOC1.C1CCOC1.C1CCOC1.C1CCOC1.COc1cccc(C=[NH+]CC(C)(C)C[NH+]=Cc2cccc(OC)c2[O-])c1[O-].[Br-].[Br-].[Mg+2].[Mg+2]. The largest absolute Gasteiger partial charge is 2.00 e. The van der Waals surface area contributed by atoms with E-state index in [0.717, 1.165) is 52.9 Å². The van der Waals surface area contributed by atoms with Gasteiger partial charge in [-0.1, -0.05) is 23.6 Å². The summed E-state index contributed by atoms with van der Waals surface area (Å²) in [4.78, 5) is 6.39. The summed E-state index contributed by atoms with van der Waals surface area (Å²) in [5, 5.41) is 24.2. The van der Waals surface area contributed by atoms with Crippen LogP contribution in [-0.4, -0.2) is 139 Å². The Kier molecular flexibility index (Phi) is 37.6. The summed E-state index contributed by atoms with van der Waals surface area (Å²) < 4.78 is 29.9. The molecule has 0 spiro atoms. The van der Waals surface area contributed by atoms with E-state index in [0.29, 0.717) is 35.7 Å². The van der Waals surface area contributed by atoms with Gasteiger partial charge in [0.05, 0.1) is 19.6 Å². The maximum atomic E-state index is 12.1. The van der Waals surface area contributed by atoms with Crippen molar-refractivity contribution in [2.45, 2.75) is 65.2 Å². The third kappa shape index (κ3) is 25.9. The minimum absolute atomic E-state index is 0. The molecular formula is C37H58Br2Mg2N2O8+2. The molecule has 4 aliphatic heterocycles. The van der Waals surface area contributed by atoms with E-state index in [9.17, 15) is 10.2 Å². The summed E-state index contributed by atoms with van der Waals surface area (Å²) in [5.74, 6) is 0.371. The van der Waals surface area contributed by atoms with Crippen LogP contribution in [0.25, 0.3) is 0 Å². The standard InChI is InChI=1S/C21H26N2O4.4C4H8O.2BrH.2Mg/c1-21(2,13-22-11-15-7-5-9-17(26-3)19(15)24)14-23-12-16-8-6-10-18(27-4)20(16)25;4*1-2-4-5-3-1;;;;/h5-12,24-25H,13-14H2,1-4H3;4*1-4H2;2*1H;;/q;;;;;;;2*+2/p-2. The molecule has 0 saturated carbocycles. The van der Waals surface area contributed by atoms with Gasteiger partial charge in [-0.15, -0.1) is 0 Å². The van der Waals surface area contributed by atoms with Crippen LogP contribution in [-0.2, 0) is 18.9 Å². The van der Waals surface area contributed by atoms with Crippen molar-refractivity contribution < 1.29 is 82.6 Å². The summed E-state index contributed by atoms with van der Waals surface area (Å²) in [6.45, 7) is 13.5. The molecule has 14 heteroatoms. The second kappa shape index (κ2) is 35.0. The third-order valence-electron chi connectivity index (χ3n) is 7.44. The van der Waals surface area contributed by atoms with E-state index in [1.54, 1.807) is 48.8 Å². The molecule has 0 amide bonds. The summed E-state index contributed by atoms with van der Waals surface area (Å²) in [6, 6.07) is 10.3. The van der Waals surface area contributed by atoms with Gasteiger partial charge in [0.1, 0.15) is 11.5 Å². The van der Waals surface area contributed by atoms with Crippen LogP contribution in [0.3, 0.4) is 0 Å². The first-order valence-corrected chi connectivity index (χ1v) is 17.0. The van der Waals surface area contributed by atoms with Crippen molar-refractivity contribution in [1.29, 1.82) is 0 Å². The summed E-state index contributed by atoms with van der Waals surface area (Å²) in [7, 11) is 2.96. The van der Waals surface area contributed by atoms with Crippen molar-refractivity contribution in [3.8, 4) is 23.0 Å². The van der Waals surface area contributed by atoms with Gasteiger partial charge in [0.25, 0.3) is 0 Å². The molecule has 4 saturated heterocycles. The number of benzene rings is 2. The molecule has 0 bridgehead atoms. The smallest absolute Gasteiger partial charge is 1.00 e. The Hall–Kier alpha value is -0.688. The van der Waals surface area contributed by atoms with Gasteiger partial charge < -0.3 is 72.6 Å². The third-order valence-corrected chi connectivity index (χ3v) is 7.44. The van der Waals surface area contributed by atoms with Crippen molar-refractivity contribution in [3.05, 3.63) is 47.5 Å². The molecule has 0 radical (unpaired) electrons. The Morgan fingerprint density at radius 1 is 0.569 bits per heavy atom. The number of para-hydroxylation sites is 2. The average Bonchev–Trinajstić information content (AvgIpc) is 3.94. The molecule has 2 N–H and O–H groups in total. The molecule has 0 aromatic heterocycles. The zero-order valence-electron chi connectivity index (χ0n) is 31.3. The molecule has 51 heavy (non-hydrogen) atoms. The number of hydrogen-bond donors (Lipinski definition) is 2. The van der Waals surface area contributed by atoms with E-state index in [4.69, 9.17) is 28.4 Å². The number of ether oxygens (including phenoxy) is 6. The molecule has 0 atom stereocenters. The molecule has 2 aromatic rings.